The minimum atomic E-state index is -0.709. The molecule has 0 fully saturated rings. The number of halogens is 1. The summed E-state index contributed by atoms with van der Waals surface area (Å²) in [6, 6.07) is 7.19. The topological polar surface area (TPSA) is 107 Å². The van der Waals surface area contributed by atoms with Crippen molar-refractivity contribution < 1.29 is 28.6 Å². The summed E-state index contributed by atoms with van der Waals surface area (Å²) in [4.78, 5) is 28.9. The Morgan fingerprint density at radius 2 is 2.00 bits per heavy atom. The quantitative estimate of drug-likeness (QED) is 0.502. The van der Waals surface area contributed by atoms with E-state index in [1.165, 1.54) is 19.2 Å². The second kappa shape index (κ2) is 8.53. The maximum atomic E-state index is 13.2. The third-order valence-electron chi connectivity index (χ3n) is 6.55. The highest BCUT2D eigenvalue weighted by Gasteiger charge is 2.41. The molecule has 178 valence electrons. The Morgan fingerprint density at radius 1 is 1.24 bits per heavy atom. The van der Waals surface area contributed by atoms with Crippen molar-refractivity contribution >= 4 is 0 Å². The van der Waals surface area contributed by atoms with Crippen LogP contribution >= 0.6 is 0 Å². The fourth-order valence-electron chi connectivity index (χ4n) is 4.85. The smallest absolute Gasteiger partial charge is 0.331 e. The van der Waals surface area contributed by atoms with Crippen LogP contribution in [0.25, 0.3) is 0 Å². The van der Waals surface area contributed by atoms with Crippen molar-refractivity contribution in [3.63, 3.8) is 0 Å². The van der Waals surface area contributed by atoms with Crippen molar-refractivity contribution in [1.29, 1.82) is 0 Å². The molecule has 10 heteroatoms. The van der Waals surface area contributed by atoms with Crippen LogP contribution in [0, 0.1) is 5.82 Å². The lowest BCUT2D eigenvalue weighted by Crippen LogP contribution is -3.10. The number of hydrogen-bond donors (Lipinski definition) is 3. The van der Waals surface area contributed by atoms with Crippen LogP contribution in [0.15, 0.2) is 39.9 Å². The van der Waals surface area contributed by atoms with Crippen molar-refractivity contribution in [1.82, 2.24) is 9.55 Å². The van der Waals surface area contributed by atoms with Gasteiger partial charge < -0.3 is 24.2 Å². The Labute approximate surface area is 193 Å². The van der Waals surface area contributed by atoms with Gasteiger partial charge in [-0.25, -0.2) is 9.18 Å². The van der Waals surface area contributed by atoms with E-state index >= 15 is 0 Å². The van der Waals surface area contributed by atoms with E-state index in [4.69, 9.17) is 14.2 Å². The summed E-state index contributed by atoms with van der Waals surface area (Å²) >= 11 is 0. The molecule has 5 rings (SSSR count). The molecule has 2 aliphatic heterocycles. The van der Waals surface area contributed by atoms with Gasteiger partial charge in [-0.1, -0.05) is 12.1 Å². The summed E-state index contributed by atoms with van der Waals surface area (Å²) in [6.07, 6.45) is 1.08. The summed E-state index contributed by atoms with van der Waals surface area (Å²) in [6.45, 7) is 0.868. The lowest BCUT2D eigenvalue weighted by Gasteiger charge is -2.33. The number of fused-ring (bicyclic) bond motifs is 2. The van der Waals surface area contributed by atoms with Gasteiger partial charge in [-0.2, -0.15) is 0 Å². The molecule has 3 heterocycles. The molecule has 2 atom stereocenters. The molecule has 34 heavy (non-hydrogen) atoms. The second-order valence-corrected chi connectivity index (χ2v) is 8.52. The van der Waals surface area contributed by atoms with Crippen molar-refractivity contribution in [2.24, 2.45) is 0 Å². The zero-order chi connectivity index (χ0) is 24.0. The minimum absolute atomic E-state index is 0.0715. The first-order valence-corrected chi connectivity index (χ1v) is 11.0. The predicted molar refractivity (Wildman–Crippen MR) is 120 cm³/mol. The highest BCUT2D eigenvalue weighted by Crippen LogP contribution is 2.48. The SMILES string of the molecule is COc1c2c(cc3c1[C@H](c1c(O)n(CCc4ccc(F)cc4)c(=O)[nH]c1=O)[NH+](C)CC3)OCO2. The Hall–Kier alpha value is -3.79. The Kier molecular flexibility index (Phi) is 5.52. The lowest BCUT2D eigenvalue weighted by atomic mass is 9.87. The fourth-order valence-corrected chi connectivity index (χ4v) is 4.85. The zero-order valence-corrected chi connectivity index (χ0v) is 18.8. The summed E-state index contributed by atoms with van der Waals surface area (Å²) in [7, 11) is 3.44. The second-order valence-electron chi connectivity index (χ2n) is 8.52. The molecule has 3 N–H and O–H groups in total. The van der Waals surface area contributed by atoms with Gasteiger partial charge in [-0.15, -0.1) is 0 Å². The molecular weight excluding hydrogens is 445 g/mol. The third kappa shape index (κ3) is 3.60. The number of H-pyrrole nitrogens is 1. The summed E-state index contributed by atoms with van der Waals surface area (Å²) in [5, 5.41) is 11.2. The van der Waals surface area contributed by atoms with Crippen LogP contribution in [0.1, 0.15) is 28.3 Å². The number of aromatic amines is 1. The highest BCUT2D eigenvalue weighted by atomic mass is 19.1. The standard InChI is InChI=1S/C24H24FN3O6/c1-27-9-8-14-11-16-20(34-12-33-16)21(32-2)17(14)19(27)18-22(29)26-24(31)28(23(18)30)10-7-13-3-5-15(25)6-4-13/h3-6,11,19,30H,7-10,12H2,1-2H3,(H,26,29,31)/p+1/t19-/m1/s1. The molecule has 0 saturated heterocycles. The van der Waals surface area contributed by atoms with E-state index in [1.54, 1.807) is 12.1 Å². The van der Waals surface area contributed by atoms with Gasteiger partial charge >= 0.3 is 5.69 Å². The normalized spacial score (nSPS) is 18.6. The molecule has 0 aliphatic carbocycles. The maximum Gasteiger partial charge on any atom is 0.331 e. The van der Waals surface area contributed by atoms with Crippen molar-refractivity contribution in [2.75, 3.05) is 27.5 Å². The number of aryl methyl sites for hydroxylation is 1. The van der Waals surface area contributed by atoms with Crippen LogP contribution in [-0.2, 0) is 19.4 Å². The molecular formula is C24H25FN3O6+. The zero-order valence-electron chi connectivity index (χ0n) is 18.8. The number of nitrogens with one attached hydrogen (secondary N) is 2. The predicted octanol–water partition coefficient (Wildman–Crippen LogP) is 0.521. The molecule has 0 radical (unpaired) electrons. The van der Waals surface area contributed by atoms with Gasteiger partial charge in [-0.05, 0) is 35.7 Å². The van der Waals surface area contributed by atoms with Crippen molar-refractivity contribution in [3.8, 4) is 23.1 Å². The highest BCUT2D eigenvalue weighted by molar-refractivity contribution is 5.62. The summed E-state index contributed by atoms with van der Waals surface area (Å²) in [5.41, 5.74) is 1.16. The third-order valence-corrected chi connectivity index (χ3v) is 6.55. The molecule has 1 aromatic heterocycles. The Morgan fingerprint density at radius 3 is 2.74 bits per heavy atom. The van der Waals surface area contributed by atoms with Gasteiger partial charge in [0, 0.05) is 13.0 Å². The fraction of sp³-hybridized carbons (Fsp3) is 0.333. The number of ether oxygens (including phenoxy) is 3. The number of benzene rings is 2. The van der Waals surface area contributed by atoms with E-state index in [0.717, 1.165) is 26.2 Å². The maximum absolute atomic E-state index is 13.2. The van der Waals surface area contributed by atoms with E-state index < -0.39 is 23.2 Å². The van der Waals surface area contributed by atoms with Crippen LogP contribution in [-0.4, -0.2) is 42.2 Å². The number of rotatable bonds is 5. The van der Waals surface area contributed by atoms with Crippen molar-refractivity contribution in [2.45, 2.75) is 25.4 Å². The number of aromatic hydroxyl groups is 1. The van der Waals surface area contributed by atoms with Gasteiger partial charge in [0.25, 0.3) is 5.56 Å². The van der Waals surface area contributed by atoms with Crippen LogP contribution in [0.4, 0.5) is 4.39 Å². The number of likely N-dealkylation sites (N-methyl/N-ethyl adjacent to an activating group) is 1. The van der Waals surface area contributed by atoms with E-state index in [2.05, 4.69) is 4.98 Å². The van der Waals surface area contributed by atoms with Gasteiger partial charge in [-0.3, -0.25) is 14.3 Å². The molecule has 0 spiro atoms. The number of methoxy groups -OCH3 is 1. The van der Waals surface area contributed by atoms with Gasteiger partial charge in [0.15, 0.2) is 17.5 Å². The first-order chi connectivity index (χ1) is 16.4. The first kappa shape index (κ1) is 22.0. The van der Waals surface area contributed by atoms with Gasteiger partial charge in [0.2, 0.25) is 18.4 Å². The molecule has 0 bridgehead atoms. The molecule has 3 aromatic rings. The molecule has 9 nitrogen and oxygen atoms in total. The van der Waals surface area contributed by atoms with E-state index in [0.29, 0.717) is 36.6 Å². The van der Waals surface area contributed by atoms with E-state index in [9.17, 15) is 19.1 Å². The van der Waals surface area contributed by atoms with E-state index in [1.807, 2.05) is 13.1 Å². The summed E-state index contributed by atoms with van der Waals surface area (Å²) < 4.78 is 31.2. The van der Waals surface area contributed by atoms with E-state index in [-0.39, 0.29) is 24.7 Å². The molecule has 2 aliphatic rings. The minimum Gasteiger partial charge on any atom is -0.494 e. The van der Waals surface area contributed by atoms with Gasteiger partial charge in [0.05, 0.1) is 26.3 Å². The number of hydrogen-bond acceptors (Lipinski definition) is 6. The van der Waals surface area contributed by atoms with Crippen molar-refractivity contribution in [3.05, 3.63) is 79.2 Å². The van der Waals surface area contributed by atoms with Crippen LogP contribution in [0.2, 0.25) is 0 Å². The van der Waals surface area contributed by atoms with Crippen LogP contribution < -0.4 is 30.4 Å². The molecule has 0 amide bonds. The monoisotopic (exact) mass is 470 g/mol. The molecule has 0 saturated carbocycles. The summed E-state index contributed by atoms with van der Waals surface area (Å²) in [5.74, 6) is 0.745. The largest absolute Gasteiger partial charge is 0.494 e. The van der Waals surface area contributed by atoms with Gasteiger partial charge in [0.1, 0.15) is 11.4 Å². The number of aromatic nitrogens is 2. The van der Waals surface area contributed by atoms with Crippen LogP contribution in [0.3, 0.4) is 0 Å². The first-order valence-electron chi connectivity index (χ1n) is 11.0. The number of nitrogens with zero attached hydrogens (tertiary/aromatic N) is 1. The Balaban J connectivity index is 1.62. The lowest BCUT2D eigenvalue weighted by molar-refractivity contribution is -0.908. The Bertz CT molecular complexity index is 1370. The number of quaternary nitrogens is 1. The molecule has 1 unspecified atom stereocenters. The average Bonchev–Trinajstić information content (AvgIpc) is 3.28. The van der Waals surface area contributed by atoms with Crippen LogP contribution in [0.5, 0.6) is 23.1 Å². The molecule has 2 aromatic carbocycles. The average molecular weight is 470 g/mol.